The molecule has 26 heavy (non-hydrogen) atoms. The van der Waals surface area contributed by atoms with Gasteiger partial charge in [-0.2, -0.15) is 8.42 Å². The quantitative estimate of drug-likeness (QED) is 0.224. The summed E-state index contributed by atoms with van der Waals surface area (Å²) in [5, 5.41) is 39.0. The van der Waals surface area contributed by atoms with Gasteiger partial charge in [0, 0.05) is 13.0 Å². The van der Waals surface area contributed by atoms with Gasteiger partial charge in [0.25, 0.3) is 10.1 Å². The second-order valence-corrected chi connectivity index (χ2v) is 7.89. The van der Waals surface area contributed by atoms with Crippen LogP contribution in [0.15, 0.2) is 0 Å². The Kier molecular flexibility index (Phi) is 9.35. The van der Waals surface area contributed by atoms with Gasteiger partial charge in [0.1, 0.15) is 23.6 Å². The third-order valence-electron chi connectivity index (χ3n) is 4.44. The Morgan fingerprint density at radius 1 is 1.08 bits per heavy atom. The maximum Gasteiger partial charge on any atom is 1.00 e. The third-order valence-corrected chi connectivity index (χ3v) is 5.84. The van der Waals surface area contributed by atoms with Crippen LogP contribution in [0.3, 0.4) is 0 Å². The molecule has 0 aliphatic carbocycles. The summed E-state index contributed by atoms with van der Waals surface area (Å²) in [5.74, 6) is -0.358. The first-order valence-corrected chi connectivity index (χ1v) is 9.16. The first-order chi connectivity index (χ1) is 11.6. The van der Waals surface area contributed by atoms with E-state index < -0.39 is 58.5 Å². The Morgan fingerprint density at radius 2 is 1.69 bits per heavy atom. The topological polar surface area (TPSA) is 164 Å². The normalized spacial score (nSPS) is 44.3. The molecule has 0 radical (unpaired) electrons. The van der Waals surface area contributed by atoms with Crippen molar-refractivity contribution in [1.82, 2.24) is 0 Å². The number of methoxy groups -OCH3 is 1. The van der Waals surface area contributed by atoms with Crippen molar-refractivity contribution >= 4 is 10.1 Å². The van der Waals surface area contributed by atoms with Crippen molar-refractivity contribution in [2.24, 2.45) is 5.92 Å². The number of ether oxygens (including phenoxy) is 4. The summed E-state index contributed by atoms with van der Waals surface area (Å²) in [6, 6.07) is 0. The van der Waals surface area contributed by atoms with Crippen LogP contribution in [0.1, 0.15) is 13.8 Å². The minimum atomic E-state index is -4.78. The Bertz CT molecular complexity index is 546. The molecule has 9 atom stereocenters. The van der Waals surface area contributed by atoms with Gasteiger partial charge >= 0.3 is 29.6 Å². The van der Waals surface area contributed by atoms with Crippen LogP contribution in [0, 0.1) is 5.92 Å². The number of rotatable bonds is 5. The molecular formula is C13H23NaO11S. The van der Waals surface area contributed by atoms with E-state index in [-0.39, 0.29) is 42.1 Å². The second-order valence-electron chi connectivity index (χ2n) is 6.22. The summed E-state index contributed by atoms with van der Waals surface area (Å²) in [4.78, 5) is 0. The molecule has 0 spiro atoms. The van der Waals surface area contributed by atoms with Gasteiger partial charge in [-0.25, -0.2) is 0 Å². The zero-order chi connectivity index (χ0) is 18.9. The van der Waals surface area contributed by atoms with Crippen molar-refractivity contribution in [2.45, 2.75) is 62.2 Å². The van der Waals surface area contributed by atoms with Gasteiger partial charge in [0.15, 0.2) is 12.6 Å². The first kappa shape index (κ1) is 24.6. The van der Waals surface area contributed by atoms with E-state index in [1.807, 2.05) is 0 Å². The molecule has 2 aliphatic rings. The fourth-order valence-electron chi connectivity index (χ4n) is 2.97. The molecule has 0 saturated carbocycles. The number of aliphatic hydroxyl groups is 3. The molecule has 0 bridgehead atoms. The zero-order valence-electron chi connectivity index (χ0n) is 14.9. The largest absolute Gasteiger partial charge is 1.00 e. The Labute approximate surface area is 173 Å². The molecule has 0 aromatic carbocycles. The minimum Gasteiger partial charge on any atom is -0.707 e. The summed E-state index contributed by atoms with van der Waals surface area (Å²) in [7, 11) is -3.59. The summed E-state index contributed by atoms with van der Waals surface area (Å²) < 4.78 is 48.2. The van der Waals surface area contributed by atoms with Gasteiger partial charge in [-0.05, 0) is 6.92 Å². The Morgan fingerprint density at radius 3 is 2.23 bits per heavy atom. The van der Waals surface area contributed by atoms with E-state index in [9.17, 15) is 29.0 Å². The van der Waals surface area contributed by atoms with Crippen LogP contribution in [0.2, 0.25) is 0 Å². The molecule has 13 heteroatoms. The standard InChI is InChI=1S/C13H24O11S.Na/c1-5-4-21-13(8(15)7(5)14)23-10-6(2)22-12(20-3)9(16)11(10)25(18,19)24-17;/h5-17H,4H2,1-3H3;/q;+1/p-1/t5-,6?,7-,8+,9+,10+,11-,12?,13+;/m1./s1. The Balaban J connectivity index is 0.00000338. The fraction of sp³-hybridized carbons (Fsp3) is 1.00. The van der Waals surface area contributed by atoms with E-state index in [0.717, 1.165) is 0 Å². The number of hydrogen-bond acceptors (Lipinski definition) is 11. The van der Waals surface area contributed by atoms with Crippen LogP contribution in [0.4, 0.5) is 0 Å². The molecule has 0 aromatic rings. The van der Waals surface area contributed by atoms with Crippen LogP contribution < -0.4 is 34.8 Å². The van der Waals surface area contributed by atoms with Crippen molar-refractivity contribution in [1.29, 1.82) is 0 Å². The molecule has 11 nitrogen and oxygen atoms in total. The summed E-state index contributed by atoms with van der Waals surface area (Å²) >= 11 is 0. The average Bonchev–Trinajstić information content (AvgIpc) is 2.57. The third kappa shape index (κ3) is 4.95. The van der Waals surface area contributed by atoms with Gasteiger partial charge in [-0.15, -0.1) is 0 Å². The molecule has 0 aromatic heterocycles. The maximum absolute atomic E-state index is 12.0. The molecule has 2 unspecified atom stereocenters. The van der Waals surface area contributed by atoms with Gasteiger partial charge in [0.05, 0.1) is 18.8 Å². The minimum absolute atomic E-state index is 0. The molecule has 2 aliphatic heterocycles. The van der Waals surface area contributed by atoms with E-state index in [0.29, 0.717) is 0 Å². The summed E-state index contributed by atoms with van der Waals surface area (Å²) in [5.41, 5.74) is 0. The van der Waals surface area contributed by atoms with E-state index in [4.69, 9.17) is 18.9 Å². The predicted octanol–water partition coefficient (Wildman–Crippen LogP) is -6.17. The molecule has 2 rings (SSSR count). The smallest absolute Gasteiger partial charge is 0.707 e. The van der Waals surface area contributed by atoms with Crippen LogP contribution in [0.25, 0.3) is 0 Å². The Hall–Kier alpha value is 0.590. The van der Waals surface area contributed by atoms with E-state index in [2.05, 4.69) is 4.33 Å². The monoisotopic (exact) mass is 410 g/mol. The maximum atomic E-state index is 12.0. The fourth-order valence-corrected chi connectivity index (χ4v) is 4.14. The van der Waals surface area contributed by atoms with Gasteiger partial charge in [0.2, 0.25) is 0 Å². The molecule has 2 fully saturated rings. The van der Waals surface area contributed by atoms with E-state index >= 15 is 0 Å². The summed E-state index contributed by atoms with van der Waals surface area (Å²) in [6.45, 7) is 3.15. The predicted molar refractivity (Wildman–Crippen MR) is 76.9 cm³/mol. The van der Waals surface area contributed by atoms with Crippen molar-refractivity contribution in [3.63, 3.8) is 0 Å². The van der Waals surface area contributed by atoms with Gasteiger partial charge in [-0.3, -0.25) is 0 Å². The molecule has 148 valence electrons. The van der Waals surface area contributed by atoms with Crippen LogP contribution in [-0.4, -0.2) is 85.8 Å². The van der Waals surface area contributed by atoms with Crippen LogP contribution >= 0.6 is 0 Å². The van der Waals surface area contributed by atoms with Gasteiger partial charge < -0.3 is 43.9 Å². The molecule has 0 amide bonds. The van der Waals surface area contributed by atoms with Crippen molar-refractivity contribution in [3.8, 4) is 0 Å². The number of hydrogen-bond donors (Lipinski definition) is 3. The van der Waals surface area contributed by atoms with Crippen LogP contribution in [0.5, 0.6) is 0 Å². The van der Waals surface area contributed by atoms with Crippen molar-refractivity contribution in [3.05, 3.63) is 0 Å². The van der Waals surface area contributed by atoms with E-state index in [1.165, 1.54) is 14.0 Å². The SMILES string of the molecule is COC1OC(C)[C@H](O[C@@H]2OC[C@@H](C)[C@@H](O)[C@@H]2O)[C@H](S(=O)(=O)O[O-])[C@@H]1O.[Na+]. The van der Waals surface area contributed by atoms with Gasteiger partial charge in [-0.1, -0.05) is 6.92 Å². The van der Waals surface area contributed by atoms with Crippen molar-refractivity contribution < 1.29 is 81.8 Å². The van der Waals surface area contributed by atoms with Crippen molar-refractivity contribution in [2.75, 3.05) is 13.7 Å². The molecule has 2 saturated heterocycles. The zero-order valence-corrected chi connectivity index (χ0v) is 17.7. The first-order valence-electron chi connectivity index (χ1n) is 7.68. The van der Waals surface area contributed by atoms with Crippen LogP contribution in [-0.2, 0) is 33.4 Å². The molecular weight excluding hydrogens is 387 g/mol. The summed E-state index contributed by atoms with van der Waals surface area (Å²) in [6.07, 6.45) is -9.47. The molecule has 2 heterocycles. The average molecular weight is 410 g/mol. The van der Waals surface area contributed by atoms with E-state index in [1.54, 1.807) is 6.92 Å². The second kappa shape index (κ2) is 9.87. The number of aliphatic hydroxyl groups excluding tert-OH is 3. The molecule has 3 N–H and O–H groups in total.